The standard InChI is InChI=1S/C15H19NO8/c17-7-10-12(19)13(20)14(21)15(24-10)23-9-4-1-8(2-5-9)3-6-11(18)16-22/h1-6,10,12-15,17,19-22H,7H2,(H,16,18)/b6-3+/t10?,12-,13+,14?,15+/m1/s1. The van der Waals surface area contributed by atoms with Crippen LogP contribution in [0.2, 0.25) is 0 Å². The van der Waals surface area contributed by atoms with Crippen molar-refractivity contribution in [3.63, 3.8) is 0 Å². The lowest BCUT2D eigenvalue weighted by molar-refractivity contribution is -0.277. The number of ether oxygens (including phenoxy) is 2. The van der Waals surface area contributed by atoms with Gasteiger partial charge in [-0.2, -0.15) is 0 Å². The monoisotopic (exact) mass is 341 g/mol. The number of rotatable bonds is 5. The summed E-state index contributed by atoms with van der Waals surface area (Å²) in [4.78, 5) is 10.9. The molecule has 0 aliphatic carbocycles. The molecule has 1 aromatic rings. The number of benzene rings is 1. The highest BCUT2D eigenvalue weighted by Crippen LogP contribution is 2.24. The van der Waals surface area contributed by atoms with Crippen molar-refractivity contribution in [2.45, 2.75) is 30.7 Å². The van der Waals surface area contributed by atoms with Crippen molar-refractivity contribution in [3.05, 3.63) is 35.9 Å². The van der Waals surface area contributed by atoms with Crippen LogP contribution in [0.15, 0.2) is 30.3 Å². The summed E-state index contributed by atoms with van der Waals surface area (Å²) in [7, 11) is 0. The van der Waals surface area contributed by atoms with E-state index in [1.54, 1.807) is 12.1 Å². The van der Waals surface area contributed by atoms with Crippen LogP contribution in [-0.2, 0) is 9.53 Å². The first-order valence-corrected chi connectivity index (χ1v) is 7.15. The molecule has 2 unspecified atom stereocenters. The molecule has 1 amide bonds. The van der Waals surface area contributed by atoms with Crippen LogP contribution in [0, 0.1) is 0 Å². The Hall–Kier alpha value is -2.01. The number of hydroxylamine groups is 1. The summed E-state index contributed by atoms with van der Waals surface area (Å²) in [6.07, 6.45) is -4.17. The summed E-state index contributed by atoms with van der Waals surface area (Å²) in [5.74, 6) is -0.361. The van der Waals surface area contributed by atoms with Crippen molar-refractivity contribution < 1.29 is 39.9 Å². The third-order valence-corrected chi connectivity index (χ3v) is 3.52. The predicted molar refractivity (Wildman–Crippen MR) is 79.8 cm³/mol. The number of aliphatic hydroxyl groups excluding tert-OH is 4. The van der Waals surface area contributed by atoms with Gasteiger partial charge in [-0.15, -0.1) is 0 Å². The lowest BCUT2D eigenvalue weighted by Crippen LogP contribution is -2.60. The molecular formula is C15H19NO8. The molecule has 132 valence electrons. The van der Waals surface area contributed by atoms with Gasteiger partial charge in [0.25, 0.3) is 5.91 Å². The Kier molecular flexibility index (Phi) is 6.26. The summed E-state index contributed by atoms with van der Waals surface area (Å²) in [5.41, 5.74) is 2.12. The number of aliphatic hydroxyl groups is 4. The second-order valence-electron chi connectivity index (χ2n) is 5.19. The molecule has 24 heavy (non-hydrogen) atoms. The number of nitrogens with one attached hydrogen (secondary N) is 1. The Morgan fingerprint density at radius 3 is 2.42 bits per heavy atom. The van der Waals surface area contributed by atoms with Gasteiger partial charge in [0.05, 0.1) is 6.61 Å². The van der Waals surface area contributed by atoms with Gasteiger partial charge in [0.15, 0.2) is 0 Å². The summed E-state index contributed by atoms with van der Waals surface area (Å²) in [5, 5.41) is 46.8. The minimum Gasteiger partial charge on any atom is -0.462 e. The maximum absolute atomic E-state index is 10.9. The molecule has 0 aromatic heterocycles. The molecule has 1 aliphatic heterocycles. The molecule has 2 rings (SSSR count). The quantitative estimate of drug-likeness (QED) is 0.213. The van der Waals surface area contributed by atoms with Gasteiger partial charge in [-0.05, 0) is 23.8 Å². The topological polar surface area (TPSA) is 149 Å². The number of hydrogen-bond acceptors (Lipinski definition) is 8. The van der Waals surface area contributed by atoms with Gasteiger partial charge < -0.3 is 29.9 Å². The molecular weight excluding hydrogens is 322 g/mol. The van der Waals surface area contributed by atoms with E-state index in [1.807, 2.05) is 0 Å². The highest BCUT2D eigenvalue weighted by atomic mass is 16.7. The highest BCUT2D eigenvalue weighted by Gasteiger charge is 2.44. The van der Waals surface area contributed by atoms with E-state index >= 15 is 0 Å². The lowest BCUT2D eigenvalue weighted by Gasteiger charge is -2.39. The Morgan fingerprint density at radius 2 is 1.83 bits per heavy atom. The fourth-order valence-electron chi connectivity index (χ4n) is 2.17. The molecule has 5 atom stereocenters. The van der Waals surface area contributed by atoms with Crippen LogP contribution in [0.4, 0.5) is 0 Å². The van der Waals surface area contributed by atoms with Gasteiger partial charge in [-0.3, -0.25) is 10.0 Å². The second kappa shape index (κ2) is 8.20. The van der Waals surface area contributed by atoms with Gasteiger partial charge in [0.1, 0.15) is 30.2 Å². The van der Waals surface area contributed by atoms with Gasteiger partial charge >= 0.3 is 0 Å². The van der Waals surface area contributed by atoms with E-state index in [4.69, 9.17) is 19.8 Å². The Labute approximate surface area is 137 Å². The number of carbonyl (C=O) groups is 1. The number of amides is 1. The third kappa shape index (κ3) is 4.29. The Bertz CT molecular complexity index is 573. The molecule has 1 saturated heterocycles. The Morgan fingerprint density at radius 1 is 1.17 bits per heavy atom. The van der Waals surface area contributed by atoms with E-state index in [1.165, 1.54) is 23.7 Å². The van der Waals surface area contributed by atoms with E-state index in [-0.39, 0.29) is 0 Å². The first-order valence-electron chi connectivity index (χ1n) is 7.15. The second-order valence-corrected chi connectivity index (χ2v) is 5.19. The van der Waals surface area contributed by atoms with Crippen molar-refractivity contribution in [1.82, 2.24) is 5.48 Å². The third-order valence-electron chi connectivity index (χ3n) is 3.52. The molecule has 1 heterocycles. The van der Waals surface area contributed by atoms with Gasteiger partial charge in [0.2, 0.25) is 6.29 Å². The molecule has 0 radical (unpaired) electrons. The number of carbonyl (C=O) groups excluding carboxylic acids is 1. The highest BCUT2D eigenvalue weighted by molar-refractivity contribution is 5.90. The first kappa shape index (κ1) is 18.3. The average molecular weight is 341 g/mol. The summed E-state index contributed by atoms with van der Waals surface area (Å²) < 4.78 is 10.7. The fraction of sp³-hybridized carbons (Fsp3) is 0.400. The van der Waals surface area contributed by atoms with Crippen LogP contribution < -0.4 is 10.2 Å². The molecule has 6 N–H and O–H groups in total. The minimum atomic E-state index is -1.51. The van der Waals surface area contributed by atoms with Crippen LogP contribution in [0.5, 0.6) is 5.75 Å². The molecule has 9 heteroatoms. The maximum Gasteiger partial charge on any atom is 0.267 e. The van der Waals surface area contributed by atoms with Crippen LogP contribution in [0.1, 0.15) is 5.56 Å². The van der Waals surface area contributed by atoms with Crippen LogP contribution in [-0.4, -0.2) is 68.9 Å². The molecule has 0 spiro atoms. The zero-order valence-corrected chi connectivity index (χ0v) is 12.5. The van der Waals surface area contributed by atoms with E-state index < -0.39 is 43.2 Å². The van der Waals surface area contributed by atoms with E-state index in [9.17, 15) is 20.1 Å². The van der Waals surface area contributed by atoms with Crippen LogP contribution in [0.3, 0.4) is 0 Å². The molecule has 1 aliphatic rings. The molecule has 9 nitrogen and oxygen atoms in total. The molecule has 0 saturated carbocycles. The SMILES string of the molecule is O=C(/C=C/c1ccc(O[C@H]2OC(CO)[C@@H](O)[C@H](O)C2O)cc1)NO. The van der Waals surface area contributed by atoms with Crippen molar-refractivity contribution in [1.29, 1.82) is 0 Å². The smallest absolute Gasteiger partial charge is 0.267 e. The molecule has 1 aromatic carbocycles. The maximum atomic E-state index is 10.9. The summed E-state index contributed by atoms with van der Waals surface area (Å²) in [6.45, 7) is -0.540. The first-order chi connectivity index (χ1) is 11.5. The van der Waals surface area contributed by atoms with Crippen molar-refractivity contribution in [2.24, 2.45) is 0 Å². The van der Waals surface area contributed by atoms with Crippen LogP contribution in [0.25, 0.3) is 6.08 Å². The molecule has 0 bridgehead atoms. The zero-order valence-electron chi connectivity index (χ0n) is 12.5. The largest absolute Gasteiger partial charge is 0.462 e. The van der Waals surface area contributed by atoms with Crippen molar-refractivity contribution in [3.8, 4) is 5.75 Å². The van der Waals surface area contributed by atoms with Gasteiger partial charge in [0, 0.05) is 6.08 Å². The number of hydrogen-bond donors (Lipinski definition) is 6. The summed E-state index contributed by atoms with van der Waals surface area (Å²) >= 11 is 0. The summed E-state index contributed by atoms with van der Waals surface area (Å²) in [6, 6.07) is 6.30. The van der Waals surface area contributed by atoms with Gasteiger partial charge in [-0.1, -0.05) is 12.1 Å². The van der Waals surface area contributed by atoms with Crippen molar-refractivity contribution in [2.75, 3.05) is 6.61 Å². The normalized spacial score (nSPS) is 30.3. The molecule has 1 fully saturated rings. The van der Waals surface area contributed by atoms with Crippen molar-refractivity contribution >= 4 is 12.0 Å². The van der Waals surface area contributed by atoms with Gasteiger partial charge in [-0.25, -0.2) is 5.48 Å². The minimum absolute atomic E-state index is 0.308. The van der Waals surface area contributed by atoms with E-state index in [2.05, 4.69) is 0 Å². The van der Waals surface area contributed by atoms with E-state index in [0.717, 1.165) is 6.08 Å². The van der Waals surface area contributed by atoms with E-state index in [0.29, 0.717) is 11.3 Å². The predicted octanol–water partition coefficient (Wildman–Crippen LogP) is -1.62. The fourth-order valence-corrected chi connectivity index (χ4v) is 2.17. The van der Waals surface area contributed by atoms with Crippen LogP contribution >= 0.6 is 0 Å². The lowest BCUT2D eigenvalue weighted by atomic mass is 9.99. The zero-order chi connectivity index (χ0) is 17.7. The Balaban J connectivity index is 2.02. The average Bonchev–Trinajstić information content (AvgIpc) is 2.61.